The number of hydrogen-bond donors (Lipinski definition) is 1. The van der Waals surface area contributed by atoms with E-state index >= 15 is 0 Å². The summed E-state index contributed by atoms with van der Waals surface area (Å²) in [5, 5.41) is 0. The zero-order chi connectivity index (χ0) is 17.9. The highest BCUT2D eigenvalue weighted by Gasteiger charge is 2.36. The second-order valence-electron chi connectivity index (χ2n) is 6.18. The first-order chi connectivity index (χ1) is 10.6. The molecule has 0 spiro atoms. The van der Waals surface area contributed by atoms with Crippen molar-refractivity contribution in [3.63, 3.8) is 0 Å². The van der Waals surface area contributed by atoms with Gasteiger partial charge in [-0.15, -0.1) is 0 Å². The molecule has 1 aliphatic rings. The number of hydrogen-bond acceptors (Lipinski definition) is 3. The van der Waals surface area contributed by atoms with Gasteiger partial charge in [0.1, 0.15) is 0 Å². The smallest absolute Gasteiger partial charge is 0.485 e. The third-order valence-corrected chi connectivity index (χ3v) is 4.78. The summed E-state index contributed by atoms with van der Waals surface area (Å²) in [6.07, 6.45) is 11.6. The molecule has 2 atom stereocenters. The molecule has 1 heterocycles. The first kappa shape index (κ1) is 22.7. The van der Waals surface area contributed by atoms with E-state index in [4.69, 9.17) is 13.0 Å². The lowest BCUT2D eigenvalue weighted by atomic mass is 9.95. The SMILES string of the molecule is CCCCCCC[NH+]1CCCC(CC)C1.O=S(=O)([O-])C(F)(F)F. The molecule has 0 aliphatic carbocycles. The fourth-order valence-corrected chi connectivity index (χ4v) is 2.81. The summed E-state index contributed by atoms with van der Waals surface area (Å²) >= 11 is 0. The van der Waals surface area contributed by atoms with E-state index in [-0.39, 0.29) is 0 Å². The van der Waals surface area contributed by atoms with Crippen molar-refractivity contribution in [2.24, 2.45) is 5.92 Å². The Kier molecular flexibility index (Phi) is 11.1. The second-order valence-corrected chi connectivity index (χ2v) is 7.56. The van der Waals surface area contributed by atoms with Gasteiger partial charge in [-0.2, -0.15) is 13.2 Å². The number of piperidine rings is 1. The van der Waals surface area contributed by atoms with Gasteiger partial charge in [-0.3, -0.25) is 0 Å². The number of alkyl halides is 3. The van der Waals surface area contributed by atoms with Gasteiger partial charge in [0, 0.05) is 5.92 Å². The van der Waals surface area contributed by atoms with Gasteiger partial charge in [-0.1, -0.05) is 33.1 Å². The Hall–Kier alpha value is -0.340. The summed E-state index contributed by atoms with van der Waals surface area (Å²) in [4.78, 5) is 1.89. The van der Waals surface area contributed by atoms with Crippen molar-refractivity contribution in [2.75, 3.05) is 19.6 Å². The van der Waals surface area contributed by atoms with Gasteiger partial charge in [0.2, 0.25) is 0 Å². The predicted molar refractivity (Wildman–Crippen MR) is 83.1 cm³/mol. The largest absolute Gasteiger partial charge is 0.741 e. The molecule has 0 aromatic heterocycles. The van der Waals surface area contributed by atoms with E-state index in [1.54, 1.807) is 0 Å². The highest BCUT2D eigenvalue weighted by molar-refractivity contribution is 7.86. The minimum absolute atomic E-state index is 1.03. The Labute approximate surface area is 138 Å². The Morgan fingerprint density at radius 2 is 1.70 bits per heavy atom. The molecule has 23 heavy (non-hydrogen) atoms. The van der Waals surface area contributed by atoms with Crippen LogP contribution >= 0.6 is 0 Å². The molecule has 4 nitrogen and oxygen atoms in total. The maximum absolute atomic E-state index is 10.7. The Morgan fingerprint density at radius 1 is 1.13 bits per heavy atom. The quantitative estimate of drug-likeness (QED) is 0.431. The molecule has 0 aromatic carbocycles. The zero-order valence-corrected chi connectivity index (χ0v) is 14.9. The van der Waals surface area contributed by atoms with Crippen molar-refractivity contribution >= 4 is 10.1 Å². The Bertz CT molecular complexity index is 399. The van der Waals surface area contributed by atoms with Crippen LogP contribution in [0.4, 0.5) is 13.2 Å². The second kappa shape index (κ2) is 11.3. The van der Waals surface area contributed by atoms with Crippen LogP contribution in [-0.2, 0) is 10.1 Å². The van der Waals surface area contributed by atoms with E-state index in [1.807, 2.05) is 4.90 Å². The number of unbranched alkanes of at least 4 members (excludes halogenated alkanes) is 4. The summed E-state index contributed by atoms with van der Waals surface area (Å²) in [7, 11) is -6.09. The molecule has 8 heteroatoms. The molecule has 140 valence electrons. The highest BCUT2D eigenvalue weighted by Crippen LogP contribution is 2.20. The summed E-state index contributed by atoms with van der Waals surface area (Å²) in [6, 6.07) is 0. The Morgan fingerprint density at radius 3 is 2.17 bits per heavy atom. The van der Waals surface area contributed by atoms with Crippen molar-refractivity contribution in [3.05, 3.63) is 0 Å². The average Bonchev–Trinajstić information content (AvgIpc) is 2.46. The summed E-state index contributed by atoms with van der Waals surface area (Å²) in [5.41, 5.74) is -5.65. The maximum Gasteiger partial charge on any atom is 0.485 e. The van der Waals surface area contributed by atoms with Gasteiger partial charge >= 0.3 is 5.51 Å². The molecule has 0 saturated carbocycles. The van der Waals surface area contributed by atoms with Crippen LogP contribution in [0, 0.1) is 5.92 Å². The average molecular weight is 361 g/mol. The van der Waals surface area contributed by atoms with Crippen molar-refractivity contribution in [2.45, 2.75) is 70.7 Å². The first-order valence-corrected chi connectivity index (χ1v) is 9.88. The molecule has 1 fully saturated rings. The van der Waals surface area contributed by atoms with Gasteiger partial charge in [0.05, 0.1) is 19.6 Å². The van der Waals surface area contributed by atoms with Crippen molar-refractivity contribution in [1.29, 1.82) is 0 Å². The molecule has 1 N–H and O–H groups in total. The van der Waals surface area contributed by atoms with Crippen molar-refractivity contribution < 1.29 is 31.0 Å². The molecule has 0 bridgehead atoms. The fourth-order valence-electron chi connectivity index (χ4n) is 2.81. The van der Waals surface area contributed by atoms with Crippen molar-refractivity contribution in [3.8, 4) is 0 Å². The van der Waals surface area contributed by atoms with E-state index < -0.39 is 15.6 Å². The third kappa shape index (κ3) is 10.9. The van der Waals surface area contributed by atoms with Gasteiger partial charge in [-0.25, -0.2) is 8.42 Å². The molecule has 1 aliphatic heterocycles. The monoisotopic (exact) mass is 361 g/mol. The standard InChI is InChI=1S/C14H29N.CHF3O3S/c1-3-5-6-7-8-11-15-12-9-10-14(4-2)13-15;2-1(3,4)8(5,6)7/h14H,3-13H2,1-2H3;(H,5,6,7). The third-order valence-electron chi connectivity index (χ3n) is 4.21. The topological polar surface area (TPSA) is 61.6 Å². The van der Waals surface area contributed by atoms with E-state index in [9.17, 15) is 13.2 Å². The van der Waals surface area contributed by atoms with Crippen LogP contribution in [0.2, 0.25) is 0 Å². The molecular formula is C15H30F3NO3S. The van der Waals surface area contributed by atoms with Gasteiger partial charge in [0.25, 0.3) is 0 Å². The van der Waals surface area contributed by atoms with Crippen LogP contribution < -0.4 is 4.90 Å². The Balaban J connectivity index is 0.000000515. The van der Waals surface area contributed by atoms with Crippen LogP contribution in [-0.4, -0.2) is 38.1 Å². The molecular weight excluding hydrogens is 331 g/mol. The number of nitrogens with one attached hydrogen (secondary N) is 1. The van der Waals surface area contributed by atoms with E-state index in [0.29, 0.717) is 0 Å². The van der Waals surface area contributed by atoms with Gasteiger partial charge in [-0.05, 0) is 32.1 Å². The van der Waals surface area contributed by atoms with Crippen molar-refractivity contribution in [1.82, 2.24) is 0 Å². The number of likely N-dealkylation sites (tertiary alicyclic amines) is 1. The van der Waals surface area contributed by atoms with Crippen LogP contribution in [0.1, 0.15) is 65.2 Å². The number of rotatable bonds is 7. The van der Waals surface area contributed by atoms with E-state index in [1.165, 1.54) is 71.0 Å². The lowest BCUT2D eigenvalue weighted by Gasteiger charge is -2.29. The minimum Gasteiger partial charge on any atom is -0.741 e. The fraction of sp³-hybridized carbons (Fsp3) is 1.00. The van der Waals surface area contributed by atoms with Crippen LogP contribution in [0.5, 0.6) is 0 Å². The lowest BCUT2D eigenvalue weighted by Crippen LogP contribution is -3.13. The normalized spacial score (nSPS) is 22.3. The zero-order valence-electron chi connectivity index (χ0n) is 14.1. The molecule has 1 saturated heterocycles. The molecule has 0 radical (unpaired) electrons. The highest BCUT2D eigenvalue weighted by atomic mass is 32.2. The van der Waals surface area contributed by atoms with Crippen LogP contribution in [0.15, 0.2) is 0 Å². The first-order valence-electron chi connectivity index (χ1n) is 8.47. The molecule has 0 aromatic rings. The maximum atomic E-state index is 10.7. The minimum atomic E-state index is -6.09. The van der Waals surface area contributed by atoms with Gasteiger partial charge in [0.15, 0.2) is 10.1 Å². The molecule has 1 rings (SSSR count). The summed E-state index contributed by atoms with van der Waals surface area (Å²) < 4.78 is 58.9. The van der Waals surface area contributed by atoms with Crippen LogP contribution in [0.3, 0.4) is 0 Å². The summed E-state index contributed by atoms with van der Waals surface area (Å²) in [6.45, 7) is 9.01. The predicted octanol–water partition coefficient (Wildman–Crippen LogP) is 2.71. The number of halogens is 3. The lowest BCUT2D eigenvalue weighted by molar-refractivity contribution is -0.909. The molecule has 2 unspecified atom stereocenters. The molecule has 0 amide bonds. The number of quaternary nitrogens is 1. The van der Waals surface area contributed by atoms with E-state index in [0.717, 1.165) is 5.92 Å². The summed E-state index contributed by atoms with van der Waals surface area (Å²) in [5.74, 6) is 1.03. The van der Waals surface area contributed by atoms with Crippen LogP contribution in [0.25, 0.3) is 0 Å². The van der Waals surface area contributed by atoms with E-state index in [2.05, 4.69) is 13.8 Å². The van der Waals surface area contributed by atoms with Gasteiger partial charge < -0.3 is 9.45 Å².